The van der Waals surface area contributed by atoms with E-state index in [1.807, 2.05) is 16.8 Å². The van der Waals surface area contributed by atoms with Gasteiger partial charge in [0.15, 0.2) is 5.69 Å². The minimum absolute atomic E-state index is 0.00451. The van der Waals surface area contributed by atoms with Crippen LogP contribution in [0.3, 0.4) is 0 Å². The van der Waals surface area contributed by atoms with Gasteiger partial charge in [-0.3, -0.25) is 9.59 Å². The molecule has 0 bridgehead atoms. The minimum atomic E-state index is -1.29. The number of nitrogens with two attached hydrogens (primary N) is 1. The number of carbonyl (C=O) groups excluding carboxylic acids is 2. The summed E-state index contributed by atoms with van der Waals surface area (Å²) >= 11 is 0. The van der Waals surface area contributed by atoms with Gasteiger partial charge in [0, 0.05) is 18.4 Å². The van der Waals surface area contributed by atoms with Crippen LogP contribution in [-0.2, 0) is 28.8 Å². The molecule has 2 aromatic rings. The lowest BCUT2D eigenvalue weighted by Crippen LogP contribution is -2.58. The van der Waals surface area contributed by atoms with Crippen LogP contribution in [0.1, 0.15) is 47.6 Å². The van der Waals surface area contributed by atoms with Crippen LogP contribution in [-0.4, -0.2) is 40.9 Å². The van der Waals surface area contributed by atoms with E-state index in [-0.39, 0.29) is 6.61 Å². The molecule has 1 unspecified atom stereocenters. The summed E-state index contributed by atoms with van der Waals surface area (Å²) in [5.74, 6) is -1.06. The second-order valence-electron chi connectivity index (χ2n) is 7.14. The van der Waals surface area contributed by atoms with Gasteiger partial charge in [0.1, 0.15) is 5.54 Å². The van der Waals surface area contributed by atoms with Crippen LogP contribution in [0, 0.1) is 0 Å². The van der Waals surface area contributed by atoms with Crippen molar-refractivity contribution in [1.82, 2.24) is 15.1 Å². The molecular weight excluding hydrogens is 344 g/mol. The molecule has 1 atom stereocenters. The normalized spacial score (nSPS) is 15.2. The number of amides is 2. The monoisotopic (exact) mass is 370 g/mol. The number of carbonyl (C=O) groups is 2. The maximum atomic E-state index is 12.9. The highest BCUT2D eigenvalue weighted by Gasteiger charge is 2.36. The van der Waals surface area contributed by atoms with E-state index in [2.05, 4.69) is 29.5 Å². The fourth-order valence-electron chi connectivity index (χ4n) is 3.47. The van der Waals surface area contributed by atoms with Gasteiger partial charge in [-0.15, -0.1) is 0 Å². The number of ether oxygens (including phenoxy) is 1. The zero-order chi connectivity index (χ0) is 19.6. The number of methoxy groups -OCH3 is 1. The first-order valence-electron chi connectivity index (χ1n) is 9.21. The summed E-state index contributed by atoms with van der Waals surface area (Å²) in [4.78, 5) is 24.7. The first-order valence-corrected chi connectivity index (χ1v) is 9.21. The molecule has 0 aliphatic heterocycles. The van der Waals surface area contributed by atoms with Gasteiger partial charge in [0.25, 0.3) is 5.91 Å². The van der Waals surface area contributed by atoms with E-state index in [0.29, 0.717) is 5.69 Å². The Morgan fingerprint density at radius 2 is 2.00 bits per heavy atom. The Kier molecular flexibility index (Phi) is 5.32. The van der Waals surface area contributed by atoms with E-state index in [1.54, 1.807) is 6.92 Å². The number of fused-ring (bicyclic) bond motifs is 1. The van der Waals surface area contributed by atoms with Crippen molar-refractivity contribution in [3.05, 3.63) is 46.8 Å². The molecular formula is C20H26N4O3. The number of rotatable bonds is 7. The van der Waals surface area contributed by atoms with E-state index in [4.69, 9.17) is 10.5 Å². The highest BCUT2D eigenvalue weighted by atomic mass is 16.5. The van der Waals surface area contributed by atoms with E-state index in [0.717, 1.165) is 42.6 Å². The Morgan fingerprint density at radius 3 is 2.59 bits per heavy atom. The number of nitrogens with zero attached hydrogens (tertiary/aromatic N) is 2. The van der Waals surface area contributed by atoms with Crippen LogP contribution in [0.4, 0.5) is 0 Å². The molecule has 7 heteroatoms. The SMILES string of the molecule is CCc1ccc(-n2nc(C(=O)NC(C)(COC)C(N)=O)c3c2CCC3)cc1. The summed E-state index contributed by atoms with van der Waals surface area (Å²) in [7, 11) is 1.46. The van der Waals surface area contributed by atoms with Crippen molar-refractivity contribution in [3.8, 4) is 5.69 Å². The number of aryl methyl sites for hydroxylation is 1. The molecule has 2 amide bonds. The topological polar surface area (TPSA) is 99.2 Å². The van der Waals surface area contributed by atoms with Crippen LogP contribution in [0.5, 0.6) is 0 Å². The number of benzene rings is 1. The zero-order valence-corrected chi connectivity index (χ0v) is 16.0. The smallest absolute Gasteiger partial charge is 0.273 e. The Labute approximate surface area is 158 Å². The van der Waals surface area contributed by atoms with Crippen molar-refractivity contribution in [2.24, 2.45) is 5.73 Å². The summed E-state index contributed by atoms with van der Waals surface area (Å²) in [5.41, 5.74) is 8.70. The van der Waals surface area contributed by atoms with Gasteiger partial charge >= 0.3 is 0 Å². The summed E-state index contributed by atoms with van der Waals surface area (Å²) in [6, 6.07) is 8.18. The molecule has 0 radical (unpaired) electrons. The highest BCUT2D eigenvalue weighted by molar-refractivity contribution is 5.98. The maximum Gasteiger partial charge on any atom is 0.273 e. The van der Waals surface area contributed by atoms with Gasteiger partial charge < -0.3 is 15.8 Å². The molecule has 144 valence electrons. The van der Waals surface area contributed by atoms with Gasteiger partial charge in [0.2, 0.25) is 5.91 Å². The molecule has 3 N–H and O–H groups in total. The molecule has 3 rings (SSSR count). The fraction of sp³-hybridized carbons (Fsp3) is 0.450. The molecule has 1 aliphatic carbocycles. The van der Waals surface area contributed by atoms with E-state index >= 15 is 0 Å². The predicted octanol–water partition coefficient (Wildman–Crippen LogP) is 1.54. The summed E-state index contributed by atoms with van der Waals surface area (Å²) < 4.78 is 6.89. The van der Waals surface area contributed by atoms with E-state index < -0.39 is 17.4 Å². The van der Waals surface area contributed by atoms with Crippen LogP contribution in [0.25, 0.3) is 5.69 Å². The van der Waals surface area contributed by atoms with Crippen molar-refractivity contribution < 1.29 is 14.3 Å². The van der Waals surface area contributed by atoms with Crippen LogP contribution in [0.15, 0.2) is 24.3 Å². The lowest BCUT2D eigenvalue weighted by molar-refractivity contribution is -0.125. The summed E-state index contributed by atoms with van der Waals surface area (Å²) in [6.45, 7) is 3.66. The average molecular weight is 370 g/mol. The third-order valence-electron chi connectivity index (χ3n) is 5.10. The van der Waals surface area contributed by atoms with E-state index in [1.165, 1.54) is 12.7 Å². The molecule has 1 aromatic carbocycles. The van der Waals surface area contributed by atoms with Crippen molar-refractivity contribution in [3.63, 3.8) is 0 Å². The molecule has 27 heavy (non-hydrogen) atoms. The molecule has 0 spiro atoms. The second-order valence-corrected chi connectivity index (χ2v) is 7.14. The fourth-order valence-corrected chi connectivity index (χ4v) is 3.47. The molecule has 0 fully saturated rings. The molecule has 7 nitrogen and oxygen atoms in total. The van der Waals surface area contributed by atoms with Crippen LogP contribution in [0.2, 0.25) is 0 Å². The van der Waals surface area contributed by atoms with Crippen molar-refractivity contribution in [1.29, 1.82) is 0 Å². The minimum Gasteiger partial charge on any atom is -0.382 e. The summed E-state index contributed by atoms with van der Waals surface area (Å²) in [6.07, 6.45) is 3.61. The average Bonchev–Trinajstić information content (AvgIpc) is 3.24. The van der Waals surface area contributed by atoms with Crippen LogP contribution >= 0.6 is 0 Å². The van der Waals surface area contributed by atoms with Crippen molar-refractivity contribution in [2.45, 2.75) is 45.1 Å². The Hall–Kier alpha value is -2.67. The molecule has 0 saturated heterocycles. The van der Waals surface area contributed by atoms with E-state index in [9.17, 15) is 9.59 Å². The second kappa shape index (κ2) is 7.52. The number of hydrogen-bond donors (Lipinski definition) is 2. The van der Waals surface area contributed by atoms with Gasteiger partial charge in [-0.2, -0.15) is 5.10 Å². The number of primary amides is 1. The molecule has 1 heterocycles. The zero-order valence-electron chi connectivity index (χ0n) is 16.0. The third kappa shape index (κ3) is 3.60. The standard InChI is InChI=1S/C20H26N4O3/c1-4-13-8-10-14(11-9-13)24-16-7-5-6-15(16)17(23-24)18(25)22-20(2,12-27-3)19(21)26/h8-11H,4-7,12H2,1-3H3,(H2,21,26)(H,22,25). The molecule has 0 saturated carbocycles. The molecule has 1 aliphatic rings. The van der Waals surface area contributed by atoms with Gasteiger partial charge in [-0.1, -0.05) is 19.1 Å². The van der Waals surface area contributed by atoms with Crippen molar-refractivity contribution >= 4 is 11.8 Å². The number of nitrogens with one attached hydrogen (secondary N) is 1. The van der Waals surface area contributed by atoms with Crippen LogP contribution < -0.4 is 11.1 Å². The lowest BCUT2D eigenvalue weighted by Gasteiger charge is -2.26. The van der Waals surface area contributed by atoms with Gasteiger partial charge in [-0.05, 0) is 50.3 Å². The quantitative estimate of drug-likeness (QED) is 0.772. The molecule has 1 aromatic heterocycles. The Bertz CT molecular complexity index is 857. The van der Waals surface area contributed by atoms with Crippen molar-refractivity contribution in [2.75, 3.05) is 13.7 Å². The van der Waals surface area contributed by atoms with Gasteiger partial charge in [-0.25, -0.2) is 4.68 Å². The van der Waals surface area contributed by atoms with Gasteiger partial charge in [0.05, 0.1) is 12.3 Å². The maximum absolute atomic E-state index is 12.9. The number of hydrogen-bond acceptors (Lipinski definition) is 4. The predicted molar refractivity (Wildman–Crippen MR) is 102 cm³/mol. The third-order valence-corrected chi connectivity index (χ3v) is 5.10. The highest BCUT2D eigenvalue weighted by Crippen LogP contribution is 2.28. The first-order chi connectivity index (χ1) is 12.9. The Balaban J connectivity index is 1.95. The first kappa shape index (κ1) is 19.1. The summed E-state index contributed by atoms with van der Waals surface area (Å²) in [5, 5.41) is 7.28. The lowest BCUT2D eigenvalue weighted by atomic mass is 10.0. The number of aromatic nitrogens is 2. The Morgan fingerprint density at radius 1 is 1.30 bits per heavy atom. The largest absolute Gasteiger partial charge is 0.382 e.